The zero-order valence-electron chi connectivity index (χ0n) is 8.39. The molecule has 1 aromatic rings. The highest BCUT2D eigenvalue weighted by molar-refractivity contribution is 6.30. The summed E-state index contributed by atoms with van der Waals surface area (Å²) in [6.45, 7) is 2.80. The average Bonchev–Trinajstić information content (AvgIpc) is 2.25. The van der Waals surface area contributed by atoms with Crippen LogP contribution >= 0.6 is 11.6 Å². The molecule has 82 valence electrons. The molecule has 1 atom stereocenters. The number of hydrogen-bond acceptors (Lipinski definition) is 2. The van der Waals surface area contributed by atoms with Gasteiger partial charge in [0.2, 0.25) is 0 Å². The third kappa shape index (κ3) is 2.91. The van der Waals surface area contributed by atoms with E-state index >= 15 is 0 Å². The Morgan fingerprint density at radius 3 is 3.00 bits per heavy atom. The Labute approximate surface area is 93.8 Å². The zero-order valence-corrected chi connectivity index (χ0v) is 9.15. The molecular weight excluding hydrogens is 215 g/mol. The predicted molar refractivity (Wildman–Crippen MR) is 59.8 cm³/mol. The second-order valence-electron chi connectivity index (χ2n) is 3.80. The molecule has 0 radical (unpaired) electrons. The average molecular weight is 229 g/mol. The molecule has 2 rings (SSSR count). The van der Waals surface area contributed by atoms with E-state index in [1.165, 1.54) is 6.07 Å². The molecule has 1 heterocycles. The number of hydrogen-bond donors (Lipinski definition) is 2. The monoisotopic (exact) mass is 228 g/mol. The summed E-state index contributed by atoms with van der Waals surface area (Å²) < 4.78 is 13.4. The molecule has 1 aliphatic rings. The number of benzene rings is 1. The third-order valence-electron chi connectivity index (χ3n) is 2.60. The number of rotatable bonds is 2. The minimum absolute atomic E-state index is 0.174. The number of nitrogens with one attached hydrogen (secondary N) is 2. The molecule has 0 aliphatic carbocycles. The summed E-state index contributed by atoms with van der Waals surface area (Å²) in [4.78, 5) is 0. The number of halogens is 2. The quantitative estimate of drug-likeness (QED) is 0.803. The Kier molecular flexibility index (Phi) is 3.57. The Balaban J connectivity index is 2.05. The lowest BCUT2D eigenvalue weighted by molar-refractivity contribution is 0.412. The summed E-state index contributed by atoms with van der Waals surface area (Å²) in [5, 5.41) is 7.21. The Hall–Kier alpha value is -0.640. The highest BCUT2D eigenvalue weighted by Gasteiger charge is 2.14. The van der Waals surface area contributed by atoms with Crippen molar-refractivity contribution in [1.82, 2.24) is 10.6 Å². The van der Waals surface area contributed by atoms with Gasteiger partial charge in [-0.2, -0.15) is 0 Å². The first-order valence-corrected chi connectivity index (χ1v) is 5.51. The molecule has 1 aromatic carbocycles. The highest BCUT2D eigenvalue weighted by atomic mass is 35.5. The first kappa shape index (κ1) is 10.9. The lowest BCUT2D eigenvalue weighted by Gasteiger charge is -2.24. The molecular formula is C11H14ClFN2. The molecule has 0 saturated carbocycles. The van der Waals surface area contributed by atoms with Crippen LogP contribution in [0, 0.1) is 5.82 Å². The van der Waals surface area contributed by atoms with E-state index in [0.29, 0.717) is 23.0 Å². The van der Waals surface area contributed by atoms with Crippen molar-refractivity contribution in [1.29, 1.82) is 0 Å². The van der Waals surface area contributed by atoms with Crippen LogP contribution in [0.1, 0.15) is 5.56 Å². The molecule has 0 aromatic heterocycles. The largest absolute Gasteiger partial charge is 0.314 e. The first-order chi connectivity index (χ1) is 7.25. The standard InChI is InChI=1S/C11H14ClFN2/c12-9-1-2-11(13)8(5-9)6-10-7-14-3-4-15-10/h1-2,5,10,14-15H,3-4,6-7H2. The smallest absolute Gasteiger partial charge is 0.126 e. The van der Waals surface area contributed by atoms with Gasteiger partial charge in [-0.3, -0.25) is 0 Å². The Bertz CT molecular complexity index is 337. The van der Waals surface area contributed by atoms with Crippen LogP contribution in [0.25, 0.3) is 0 Å². The molecule has 15 heavy (non-hydrogen) atoms. The lowest BCUT2D eigenvalue weighted by Crippen LogP contribution is -2.49. The fourth-order valence-electron chi connectivity index (χ4n) is 1.82. The molecule has 0 amide bonds. The van der Waals surface area contributed by atoms with Crippen molar-refractivity contribution in [3.63, 3.8) is 0 Å². The fraction of sp³-hybridized carbons (Fsp3) is 0.455. The Morgan fingerprint density at radius 1 is 1.40 bits per heavy atom. The van der Waals surface area contributed by atoms with Crippen molar-refractivity contribution in [3.8, 4) is 0 Å². The second kappa shape index (κ2) is 4.92. The van der Waals surface area contributed by atoms with Crippen molar-refractivity contribution in [2.24, 2.45) is 0 Å². The van der Waals surface area contributed by atoms with Gasteiger partial charge in [-0.05, 0) is 30.2 Å². The van der Waals surface area contributed by atoms with E-state index in [0.717, 1.165) is 19.6 Å². The van der Waals surface area contributed by atoms with Gasteiger partial charge >= 0.3 is 0 Å². The van der Waals surface area contributed by atoms with Crippen molar-refractivity contribution in [3.05, 3.63) is 34.6 Å². The van der Waals surface area contributed by atoms with Crippen LogP contribution in [0.5, 0.6) is 0 Å². The van der Waals surface area contributed by atoms with Crippen LogP contribution in [0.15, 0.2) is 18.2 Å². The first-order valence-electron chi connectivity index (χ1n) is 5.14. The second-order valence-corrected chi connectivity index (χ2v) is 4.23. The van der Waals surface area contributed by atoms with Gasteiger partial charge in [-0.15, -0.1) is 0 Å². The van der Waals surface area contributed by atoms with E-state index < -0.39 is 0 Å². The Morgan fingerprint density at radius 2 is 2.27 bits per heavy atom. The van der Waals surface area contributed by atoms with Gasteiger partial charge in [-0.25, -0.2) is 4.39 Å². The number of piperazine rings is 1. The van der Waals surface area contributed by atoms with Crippen LogP contribution in [-0.2, 0) is 6.42 Å². The van der Waals surface area contributed by atoms with Gasteiger partial charge in [0.05, 0.1) is 0 Å². The topological polar surface area (TPSA) is 24.1 Å². The van der Waals surface area contributed by atoms with Gasteiger partial charge in [0.25, 0.3) is 0 Å². The van der Waals surface area contributed by atoms with Crippen LogP contribution in [-0.4, -0.2) is 25.7 Å². The van der Waals surface area contributed by atoms with Crippen LogP contribution < -0.4 is 10.6 Å². The fourth-order valence-corrected chi connectivity index (χ4v) is 2.02. The molecule has 4 heteroatoms. The summed E-state index contributed by atoms with van der Waals surface area (Å²) >= 11 is 5.83. The normalized spacial score (nSPS) is 21.6. The van der Waals surface area contributed by atoms with E-state index in [-0.39, 0.29) is 5.82 Å². The van der Waals surface area contributed by atoms with E-state index in [2.05, 4.69) is 10.6 Å². The molecule has 1 fully saturated rings. The molecule has 0 bridgehead atoms. The maximum absolute atomic E-state index is 13.4. The molecule has 2 nitrogen and oxygen atoms in total. The van der Waals surface area contributed by atoms with Gasteiger partial charge in [0, 0.05) is 30.7 Å². The molecule has 1 aliphatic heterocycles. The highest BCUT2D eigenvalue weighted by Crippen LogP contribution is 2.16. The maximum Gasteiger partial charge on any atom is 0.126 e. The maximum atomic E-state index is 13.4. The summed E-state index contributed by atoms with van der Waals surface area (Å²) in [6.07, 6.45) is 0.680. The van der Waals surface area contributed by atoms with E-state index in [9.17, 15) is 4.39 Å². The van der Waals surface area contributed by atoms with Gasteiger partial charge in [0.15, 0.2) is 0 Å². The van der Waals surface area contributed by atoms with Crippen LogP contribution in [0.4, 0.5) is 4.39 Å². The van der Waals surface area contributed by atoms with Gasteiger partial charge in [0.1, 0.15) is 5.82 Å². The zero-order chi connectivity index (χ0) is 10.7. The van der Waals surface area contributed by atoms with Gasteiger partial charge in [-0.1, -0.05) is 11.6 Å². The van der Waals surface area contributed by atoms with Crippen LogP contribution in [0.2, 0.25) is 5.02 Å². The SMILES string of the molecule is Fc1ccc(Cl)cc1CC1CNCCN1. The minimum Gasteiger partial charge on any atom is -0.314 e. The summed E-state index contributed by atoms with van der Waals surface area (Å²) in [7, 11) is 0. The van der Waals surface area contributed by atoms with Gasteiger partial charge < -0.3 is 10.6 Å². The minimum atomic E-state index is -0.174. The van der Waals surface area contributed by atoms with Crippen molar-refractivity contribution in [2.45, 2.75) is 12.5 Å². The van der Waals surface area contributed by atoms with Crippen molar-refractivity contribution < 1.29 is 4.39 Å². The molecule has 1 unspecified atom stereocenters. The third-order valence-corrected chi connectivity index (χ3v) is 2.83. The summed E-state index contributed by atoms with van der Waals surface area (Å²) in [5.41, 5.74) is 0.684. The van der Waals surface area contributed by atoms with E-state index in [1.807, 2.05) is 0 Å². The molecule has 1 saturated heterocycles. The van der Waals surface area contributed by atoms with Crippen molar-refractivity contribution >= 4 is 11.6 Å². The lowest BCUT2D eigenvalue weighted by atomic mass is 10.0. The van der Waals surface area contributed by atoms with Crippen molar-refractivity contribution in [2.75, 3.05) is 19.6 Å². The summed E-state index contributed by atoms with van der Waals surface area (Å²) in [5.74, 6) is -0.174. The summed E-state index contributed by atoms with van der Waals surface area (Å²) in [6, 6.07) is 5.00. The molecule has 2 N–H and O–H groups in total. The van der Waals surface area contributed by atoms with E-state index in [1.54, 1.807) is 12.1 Å². The molecule has 0 spiro atoms. The van der Waals surface area contributed by atoms with E-state index in [4.69, 9.17) is 11.6 Å². The van der Waals surface area contributed by atoms with Crippen LogP contribution in [0.3, 0.4) is 0 Å². The predicted octanol–water partition coefficient (Wildman–Crippen LogP) is 1.58.